The number of rotatable bonds is 3. The molecule has 1 aromatic heterocycles. The molecular weight excluding hydrogens is 295 g/mol. The maximum atomic E-state index is 13.7. The first-order chi connectivity index (χ1) is 9.33. The molecule has 9 heteroatoms. The molecule has 0 spiro atoms. The molecule has 0 atom stereocenters. The lowest BCUT2D eigenvalue weighted by atomic mass is 10.3. The Labute approximate surface area is 112 Å². The Hall–Kier alpha value is -2.29. The fourth-order valence-corrected chi connectivity index (χ4v) is 2.57. The SMILES string of the molecule is Nc1c(F)ccc(S(=O)(=O)Nc2ccncc2F)c1F. The van der Waals surface area contributed by atoms with Crippen LogP contribution in [0.15, 0.2) is 35.5 Å². The lowest BCUT2D eigenvalue weighted by Gasteiger charge is -2.10. The predicted molar refractivity (Wildman–Crippen MR) is 65.8 cm³/mol. The first kappa shape index (κ1) is 14.1. The fraction of sp³-hybridized carbons (Fsp3) is 0. The van der Waals surface area contributed by atoms with Gasteiger partial charge in [-0.15, -0.1) is 0 Å². The zero-order valence-corrected chi connectivity index (χ0v) is 10.6. The van der Waals surface area contributed by atoms with E-state index in [2.05, 4.69) is 4.98 Å². The van der Waals surface area contributed by atoms with Crippen LogP contribution in [0.25, 0.3) is 0 Å². The summed E-state index contributed by atoms with van der Waals surface area (Å²) in [7, 11) is -4.45. The summed E-state index contributed by atoms with van der Waals surface area (Å²) in [6.07, 6.45) is 1.93. The number of halogens is 3. The van der Waals surface area contributed by atoms with E-state index in [0.717, 1.165) is 18.5 Å². The highest BCUT2D eigenvalue weighted by Gasteiger charge is 2.23. The third kappa shape index (κ3) is 2.52. The van der Waals surface area contributed by atoms with Crippen molar-refractivity contribution in [2.24, 2.45) is 0 Å². The molecule has 1 aromatic carbocycles. The van der Waals surface area contributed by atoms with Gasteiger partial charge in [-0.2, -0.15) is 0 Å². The van der Waals surface area contributed by atoms with E-state index in [0.29, 0.717) is 12.1 Å². The summed E-state index contributed by atoms with van der Waals surface area (Å²) in [5.74, 6) is -3.46. The minimum atomic E-state index is -4.45. The number of hydrogen-bond acceptors (Lipinski definition) is 4. The molecular formula is C11H8F3N3O2S. The van der Waals surface area contributed by atoms with Gasteiger partial charge in [0.15, 0.2) is 11.6 Å². The molecule has 0 saturated carbocycles. The topological polar surface area (TPSA) is 85.1 Å². The second-order valence-electron chi connectivity index (χ2n) is 3.73. The smallest absolute Gasteiger partial charge is 0.264 e. The Morgan fingerprint density at radius 1 is 1.10 bits per heavy atom. The Kier molecular flexibility index (Phi) is 3.53. The minimum Gasteiger partial charge on any atom is -0.394 e. The van der Waals surface area contributed by atoms with Crippen LogP contribution in [0.2, 0.25) is 0 Å². The van der Waals surface area contributed by atoms with Crippen molar-refractivity contribution >= 4 is 21.4 Å². The van der Waals surface area contributed by atoms with Gasteiger partial charge in [-0.1, -0.05) is 0 Å². The number of pyridine rings is 1. The summed E-state index contributed by atoms with van der Waals surface area (Å²) >= 11 is 0. The zero-order chi connectivity index (χ0) is 14.9. The lowest BCUT2D eigenvalue weighted by molar-refractivity contribution is 0.556. The molecule has 2 rings (SSSR count). The molecule has 20 heavy (non-hydrogen) atoms. The number of sulfonamides is 1. The van der Waals surface area contributed by atoms with Gasteiger partial charge in [0, 0.05) is 6.20 Å². The second-order valence-corrected chi connectivity index (χ2v) is 5.39. The van der Waals surface area contributed by atoms with Crippen molar-refractivity contribution in [1.82, 2.24) is 4.98 Å². The summed E-state index contributed by atoms with van der Waals surface area (Å²) in [5, 5.41) is 0. The van der Waals surface area contributed by atoms with E-state index < -0.39 is 43.7 Å². The Balaban J connectivity index is 2.47. The molecule has 0 bridgehead atoms. The summed E-state index contributed by atoms with van der Waals surface area (Å²) < 4.78 is 65.6. The maximum Gasteiger partial charge on any atom is 0.264 e. The van der Waals surface area contributed by atoms with Crippen LogP contribution in [0, 0.1) is 17.5 Å². The highest BCUT2D eigenvalue weighted by Crippen LogP contribution is 2.25. The largest absolute Gasteiger partial charge is 0.394 e. The van der Waals surface area contributed by atoms with E-state index in [1.165, 1.54) is 0 Å². The van der Waals surface area contributed by atoms with Gasteiger partial charge in [0.05, 0.1) is 11.9 Å². The second kappa shape index (κ2) is 5.00. The number of nitrogens with zero attached hydrogens (tertiary/aromatic N) is 1. The first-order valence-corrected chi connectivity index (χ1v) is 6.67. The molecule has 0 radical (unpaired) electrons. The van der Waals surface area contributed by atoms with Crippen LogP contribution in [-0.4, -0.2) is 13.4 Å². The monoisotopic (exact) mass is 303 g/mol. The van der Waals surface area contributed by atoms with Gasteiger partial charge in [0.2, 0.25) is 0 Å². The van der Waals surface area contributed by atoms with Gasteiger partial charge in [0.1, 0.15) is 16.4 Å². The normalized spacial score (nSPS) is 11.3. The summed E-state index contributed by atoms with van der Waals surface area (Å²) in [6, 6.07) is 2.45. The Morgan fingerprint density at radius 2 is 1.80 bits per heavy atom. The molecule has 106 valence electrons. The summed E-state index contributed by atoms with van der Waals surface area (Å²) in [5.41, 5.74) is 3.73. The molecule has 5 nitrogen and oxygen atoms in total. The van der Waals surface area contributed by atoms with Gasteiger partial charge < -0.3 is 5.73 Å². The summed E-state index contributed by atoms with van der Waals surface area (Å²) in [6.45, 7) is 0. The average molecular weight is 303 g/mol. The molecule has 2 aromatic rings. The lowest BCUT2D eigenvalue weighted by Crippen LogP contribution is -2.16. The number of aromatic nitrogens is 1. The Bertz CT molecular complexity index is 766. The standard InChI is InChI=1S/C11H8F3N3O2S/c12-6-1-2-9(10(14)11(6)15)20(18,19)17-8-3-4-16-5-7(8)13/h1-5H,15H2,(H,16,17). The predicted octanol–water partition coefficient (Wildman–Crippen LogP) is 1.88. The molecule has 1 heterocycles. The van der Waals surface area contributed by atoms with E-state index in [9.17, 15) is 21.6 Å². The van der Waals surface area contributed by atoms with Crippen molar-refractivity contribution in [3.05, 3.63) is 48.0 Å². The van der Waals surface area contributed by atoms with E-state index in [1.54, 1.807) is 0 Å². The van der Waals surface area contributed by atoms with E-state index in [4.69, 9.17) is 5.73 Å². The molecule has 0 aliphatic carbocycles. The van der Waals surface area contributed by atoms with Crippen LogP contribution in [0.1, 0.15) is 0 Å². The van der Waals surface area contributed by atoms with Gasteiger partial charge in [-0.05, 0) is 18.2 Å². The minimum absolute atomic E-state index is 0.415. The van der Waals surface area contributed by atoms with E-state index >= 15 is 0 Å². The van der Waals surface area contributed by atoms with Gasteiger partial charge in [-0.25, -0.2) is 21.6 Å². The van der Waals surface area contributed by atoms with Crippen molar-refractivity contribution in [1.29, 1.82) is 0 Å². The Morgan fingerprint density at radius 3 is 2.45 bits per heavy atom. The number of anilines is 2. The zero-order valence-electron chi connectivity index (χ0n) is 9.77. The number of nitrogen functional groups attached to an aromatic ring is 1. The number of nitrogens with one attached hydrogen (secondary N) is 1. The highest BCUT2D eigenvalue weighted by atomic mass is 32.2. The number of benzene rings is 1. The van der Waals surface area contributed by atoms with Crippen molar-refractivity contribution in [2.75, 3.05) is 10.5 Å². The van der Waals surface area contributed by atoms with Crippen LogP contribution in [0.3, 0.4) is 0 Å². The third-order valence-corrected chi connectivity index (χ3v) is 3.78. The molecule has 0 fully saturated rings. The molecule has 0 unspecified atom stereocenters. The third-order valence-electron chi connectivity index (χ3n) is 2.40. The van der Waals surface area contributed by atoms with Crippen molar-refractivity contribution < 1.29 is 21.6 Å². The highest BCUT2D eigenvalue weighted by molar-refractivity contribution is 7.92. The number of nitrogens with two attached hydrogens (primary N) is 1. The molecule has 0 saturated heterocycles. The van der Waals surface area contributed by atoms with Crippen LogP contribution < -0.4 is 10.5 Å². The van der Waals surface area contributed by atoms with E-state index in [1.807, 2.05) is 4.72 Å². The van der Waals surface area contributed by atoms with Crippen LogP contribution in [-0.2, 0) is 10.0 Å². The molecule has 0 aliphatic rings. The van der Waals surface area contributed by atoms with Crippen LogP contribution in [0.5, 0.6) is 0 Å². The molecule has 3 N–H and O–H groups in total. The van der Waals surface area contributed by atoms with Gasteiger partial charge in [0.25, 0.3) is 10.0 Å². The van der Waals surface area contributed by atoms with Crippen molar-refractivity contribution in [3.8, 4) is 0 Å². The van der Waals surface area contributed by atoms with Crippen LogP contribution >= 0.6 is 0 Å². The molecule has 0 aliphatic heterocycles. The van der Waals surface area contributed by atoms with Crippen LogP contribution in [0.4, 0.5) is 24.5 Å². The van der Waals surface area contributed by atoms with Gasteiger partial charge in [-0.3, -0.25) is 9.71 Å². The maximum absolute atomic E-state index is 13.7. The van der Waals surface area contributed by atoms with Crippen molar-refractivity contribution in [2.45, 2.75) is 4.90 Å². The number of hydrogen-bond donors (Lipinski definition) is 2. The first-order valence-electron chi connectivity index (χ1n) is 5.18. The fourth-order valence-electron chi connectivity index (χ4n) is 1.41. The van der Waals surface area contributed by atoms with Crippen molar-refractivity contribution in [3.63, 3.8) is 0 Å². The quantitative estimate of drug-likeness (QED) is 0.848. The average Bonchev–Trinajstić information content (AvgIpc) is 2.38. The van der Waals surface area contributed by atoms with Gasteiger partial charge >= 0.3 is 0 Å². The molecule has 0 amide bonds. The van der Waals surface area contributed by atoms with E-state index in [-0.39, 0.29) is 0 Å². The summed E-state index contributed by atoms with van der Waals surface area (Å²) in [4.78, 5) is 2.56.